The molecular weight excluding hydrogens is 326 g/mol. The maximum atomic E-state index is 12.7. The quantitative estimate of drug-likeness (QED) is 0.820. The molecule has 1 unspecified atom stereocenters. The number of Topliss-reactive ketones (excluding diaryl/α,β-unsaturated/α-hetero) is 1. The number of amides is 1. The highest BCUT2D eigenvalue weighted by atomic mass is 16.3. The molecule has 2 aromatic carbocycles. The Kier molecular flexibility index (Phi) is 4.49. The van der Waals surface area contributed by atoms with Crippen molar-refractivity contribution in [3.8, 4) is 0 Å². The summed E-state index contributed by atoms with van der Waals surface area (Å²) in [5.41, 5.74) is 1.89. The van der Waals surface area contributed by atoms with Crippen molar-refractivity contribution in [1.82, 2.24) is 0 Å². The number of anilines is 1. The number of benzene rings is 2. The van der Waals surface area contributed by atoms with Crippen molar-refractivity contribution in [3.63, 3.8) is 0 Å². The molecule has 0 bridgehead atoms. The molecule has 3 rings (SSSR count). The fourth-order valence-corrected chi connectivity index (χ4v) is 3.28. The smallest absolute Gasteiger partial charge is 0.261 e. The topological polar surface area (TPSA) is 66.4 Å². The minimum Gasteiger partial charge on any atom is -0.375 e. The number of rotatable bonds is 4. The average Bonchev–Trinajstić information content (AvgIpc) is 2.84. The molecule has 1 aliphatic rings. The van der Waals surface area contributed by atoms with E-state index in [1.165, 1.54) is 0 Å². The van der Waals surface area contributed by atoms with Gasteiger partial charge in [0.25, 0.3) is 5.91 Å². The zero-order chi connectivity index (χ0) is 19.1. The largest absolute Gasteiger partial charge is 0.375 e. The number of hydrogen-bond acceptors (Lipinski definition) is 3. The van der Waals surface area contributed by atoms with Crippen LogP contribution in [-0.2, 0) is 22.2 Å². The van der Waals surface area contributed by atoms with Gasteiger partial charge in [-0.15, -0.1) is 0 Å². The normalized spacial score (nSPS) is 19.2. The molecule has 0 saturated heterocycles. The van der Waals surface area contributed by atoms with Crippen molar-refractivity contribution >= 4 is 17.4 Å². The van der Waals surface area contributed by atoms with E-state index in [1.54, 1.807) is 18.2 Å². The summed E-state index contributed by atoms with van der Waals surface area (Å²) in [5.74, 6) is -0.793. The number of ketones is 1. The van der Waals surface area contributed by atoms with Gasteiger partial charge in [0, 0.05) is 16.8 Å². The summed E-state index contributed by atoms with van der Waals surface area (Å²) in [4.78, 5) is 25.1. The van der Waals surface area contributed by atoms with E-state index >= 15 is 0 Å². The molecule has 2 aromatic rings. The third-order valence-electron chi connectivity index (χ3n) is 5.05. The fraction of sp³-hybridized carbons (Fsp3) is 0.364. The van der Waals surface area contributed by atoms with E-state index in [-0.39, 0.29) is 17.6 Å². The molecule has 1 amide bonds. The first-order valence-corrected chi connectivity index (χ1v) is 8.96. The molecule has 1 aliphatic heterocycles. The fourth-order valence-electron chi connectivity index (χ4n) is 3.28. The van der Waals surface area contributed by atoms with E-state index in [4.69, 9.17) is 0 Å². The van der Waals surface area contributed by atoms with Crippen molar-refractivity contribution in [2.45, 2.75) is 51.6 Å². The SMILES string of the molecule is CCc1ccc2c(c1)C(O)(CC(=O)c1ccc(C(C)(C)C)cc1)C(=O)N2. The van der Waals surface area contributed by atoms with Gasteiger partial charge < -0.3 is 10.4 Å². The maximum Gasteiger partial charge on any atom is 0.261 e. The number of carbonyl (C=O) groups is 2. The van der Waals surface area contributed by atoms with Gasteiger partial charge in [-0.25, -0.2) is 0 Å². The van der Waals surface area contributed by atoms with Gasteiger partial charge in [0.1, 0.15) is 0 Å². The summed E-state index contributed by atoms with van der Waals surface area (Å²) in [5, 5.41) is 13.7. The van der Waals surface area contributed by atoms with Crippen LogP contribution in [0.25, 0.3) is 0 Å². The second kappa shape index (κ2) is 6.36. The first-order chi connectivity index (χ1) is 12.1. The van der Waals surface area contributed by atoms with Gasteiger partial charge in [-0.2, -0.15) is 0 Å². The maximum absolute atomic E-state index is 12.7. The Morgan fingerprint density at radius 1 is 1.12 bits per heavy atom. The molecule has 0 spiro atoms. The number of aliphatic hydroxyl groups is 1. The Bertz CT molecular complexity index is 862. The van der Waals surface area contributed by atoms with Crippen LogP contribution < -0.4 is 5.32 Å². The standard InChI is InChI=1S/C22H25NO3/c1-5-14-6-11-18-17(12-14)22(26,20(25)23-18)13-19(24)15-7-9-16(10-8-15)21(2,3)4/h6-12,26H,5,13H2,1-4H3,(H,23,25). The van der Waals surface area contributed by atoms with Crippen LogP contribution in [0.4, 0.5) is 5.69 Å². The number of aryl methyl sites for hydroxylation is 1. The van der Waals surface area contributed by atoms with Crippen LogP contribution in [-0.4, -0.2) is 16.8 Å². The molecule has 136 valence electrons. The Morgan fingerprint density at radius 3 is 2.35 bits per heavy atom. The van der Waals surface area contributed by atoms with Gasteiger partial charge in [-0.3, -0.25) is 9.59 Å². The lowest BCUT2D eigenvalue weighted by Crippen LogP contribution is -2.36. The van der Waals surface area contributed by atoms with Crippen molar-refractivity contribution in [2.75, 3.05) is 5.32 Å². The van der Waals surface area contributed by atoms with Crippen molar-refractivity contribution < 1.29 is 14.7 Å². The molecule has 0 fully saturated rings. The third-order valence-corrected chi connectivity index (χ3v) is 5.05. The Hall–Kier alpha value is -2.46. The lowest BCUT2D eigenvalue weighted by Gasteiger charge is -2.21. The highest BCUT2D eigenvalue weighted by Gasteiger charge is 2.46. The molecular formula is C22H25NO3. The molecule has 0 saturated carbocycles. The van der Waals surface area contributed by atoms with E-state index in [9.17, 15) is 14.7 Å². The summed E-state index contributed by atoms with van der Waals surface area (Å²) in [6, 6.07) is 12.9. The van der Waals surface area contributed by atoms with Crippen LogP contribution in [0, 0.1) is 0 Å². The van der Waals surface area contributed by atoms with Gasteiger partial charge in [0.2, 0.25) is 0 Å². The number of hydrogen-bond donors (Lipinski definition) is 2. The van der Waals surface area contributed by atoms with Crippen LogP contribution >= 0.6 is 0 Å². The van der Waals surface area contributed by atoms with E-state index in [0.29, 0.717) is 16.8 Å². The van der Waals surface area contributed by atoms with Crippen LogP contribution in [0.2, 0.25) is 0 Å². The first-order valence-electron chi connectivity index (χ1n) is 8.96. The predicted molar refractivity (Wildman–Crippen MR) is 102 cm³/mol. The van der Waals surface area contributed by atoms with Crippen LogP contribution in [0.15, 0.2) is 42.5 Å². The summed E-state index contributed by atoms with van der Waals surface area (Å²) in [7, 11) is 0. The van der Waals surface area contributed by atoms with Crippen molar-refractivity contribution in [3.05, 3.63) is 64.7 Å². The Labute approximate surface area is 154 Å². The highest BCUT2D eigenvalue weighted by molar-refractivity contribution is 6.09. The van der Waals surface area contributed by atoms with E-state index in [1.807, 2.05) is 31.2 Å². The molecule has 2 N–H and O–H groups in total. The van der Waals surface area contributed by atoms with Gasteiger partial charge in [0.15, 0.2) is 11.4 Å². The minimum absolute atomic E-state index is 0.000606. The van der Waals surface area contributed by atoms with Gasteiger partial charge in [-0.05, 0) is 29.0 Å². The van der Waals surface area contributed by atoms with Crippen molar-refractivity contribution in [2.24, 2.45) is 0 Å². The number of fused-ring (bicyclic) bond motifs is 1. The molecule has 26 heavy (non-hydrogen) atoms. The summed E-state index contributed by atoms with van der Waals surface area (Å²) in [6.07, 6.45) is 0.521. The van der Waals surface area contributed by atoms with E-state index < -0.39 is 11.5 Å². The second-order valence-corrected chi connectivity index (χ2v) is 7.98. The second-order valence-electron chi connectivity index (χ2n) is 7.98. The lowest BCUT2D eigenvalue weighted by atomic mass is 9.84. The minimum atomic E-state index is -1.82. The molecule has 4 heteroatoms. The predicted octanol–water partition coefficient (Wildman–Crippen LogP) is 3.96. The Balaban J connectivity index is 1.89. The van der Waals surface area contributed by atoms with E-state index in [2.05, 4.69) is 26.1 Å². The first kappa shape index (κ1) is 18.3. The van der Waals surface area contributed by atoms with Gasteiger partial charge in [0.05, 0.1) is 6.42 Å². The van der Waals surface area contributed by atoms with Gasteiger partial charge >= 0.3 is 0 Å². The summed E-state index contributed by atoms with van der Waals surface area (Å²) < 4.78 is 0. The molecule has 0 aliphatic carbocycles. The molecule has 0 aromatic heterocycles. The van der Waals surface area contributed by atoms with Crippen molar-refractivity contribution in [1.29, 1.82) is 0 Å². The third kappa shape index (κ3) is 3.17. The molecule has 0 radical (unpaired) electrons. The van der Waals surface area contributed by atoms with E-state index in [0.717, 1.165) is 17.5 Å². The molecule has 4 nitrogen and oxygen atoms in total. The summed E-state index contributed by atoms with van der Waals surface area (Å²) >= 11 is 0. The highest BCUT2D eigenvalue weighted by Crippen LogP contribution is 2.39. The average molecular weight is 351 g/mol. The molecule has 1 heterocycles. The lowest BCUT2D eigenvalue weighted by molar-refractivity contribution is -0.133. The number of carbonyl (C=O) groups excluding carboxylic acids is 2. The zero-order valence-corrected chi connectivity index (χ0v) is 15.7. The van der Waals surface area contributed by atoms with Crippen LogP contribution in [0.3, 0.4) is 0 Å². The zero-order valence-electron chi connectivity index (χ0n) is 15.7. The van der Waals surface area contributed by atoms with Crippen LogP contribution in [0.5, 0.6) is 0 Å². The monoisotopic (exact) mass is 351 g/mol. The molecule has 1 atom stereocenters. The number of nitrogens with one attached hydrogen (secondary N) is 1. The van der Waals surface area contributed by atoms with Gasteiger partial charge in [-0.1, -0.05) is 64.1 Å². The summed E-state index contributed by atoms with van der Waals surface area (Å²) in [6.45, 7) is 8.33. The Morgan fingerprint density at radius 2 is 1.77 bits per heavy atom. The van der Waals surface area contributed by atoms with Crippen LogP contribution in [0.1, 0.15) is 61.2 Å².